The fourth-order valence-corrected chi connectivity index (χ4v) is 6.56. The van der Waals surface area contributed by atoms with E-state index in [2.05, 4.69) is 11.4 Å². The van der Waals surface area contributed by atoms with Gasteiger partial charge in [0.1, 0.15) is 11.5 Å². The average Bonchev–Trinajstić information content (AvgIpc) is 3.70. The van der Waals surface area contributed by atoms with Crippen LogP contribution in [-0.2, 0) is 9.53 Å². The van der Waals surface area contributed by atoms with Gasteiger partial charge >= 0.3 is 5.97 Å². The van der Waals surface area contributed by atoms with Crippen molar-refractivity contribution in [3.05, 3.63) is 95.1 Å². The molecule has 10 nitrogen and oxygen atoms in total. The number of hydrogen-bond donors (Lipinski definition) is 1. The molecule has 1 saturated heterocycles. The summed E-state index contributed by atoms with van der Waals surface area (Å²) in [6.07, 6.45) is 0. The van der Waals surface area contributed by atoms with Gasteiger partial charge < -0.3 is 38.5 Å². The zero-order valence-electron chi connectivity index (χ0n) is 24.9. The number of rotatable bonds is 8. The molecule has 2 aliphatic heterocycles. The third kappa shape index (κ3) is 4.96. The van der Waals surface area contributed by atoms with Gasteiger partial charge in [-0.25, -0.2) is 0 Å². The van der Waals surface area contributed by atoms with Gasteiger partial charge in [-0.15, -0.1) is 0 Å². The van der Waals surface area contributed by atoms with E-state index in [1.165, 1.54) is 0 Å². The number of anilines is 1. The van der Waals surface area contributed by atoms with Gasteiger partial charge in [-0.2, -0.15) is 5.26 Å². The van der Waals surface area contributed by atoms with Gasteiger partial charge in [0.25, 0.3) is 0 Å². The number of carbonyl (C=O) groups excluding carboxylic acids is 1. The Hall–Kier alpha value is -5.56. The lowest BCUT2D eigenvalue weighted by Crippen LogP contribution is -2.37. The molecule has 45 heavy (non-hydrogen) atoms. The maximum absolute atomic E-state index is 13.5. The lowest BCUT2D eigenvalue weighted by atomic mass is 9.65. The van der Waals surface area contributed by atoms with Crippen molar-refractivity contribution >= 4 is 11.7 Å². The molecule has 2 heterocycles. The van der Waals surface area contributed by atoms with Gasteiger partial charge in [-0.05, 0) is 89.5 Å². The minimum atomic E-state index is -0.489. The average molecular weight is 607 g/mol. The van der Waals surface area contributed by atoms with E-state index >= 15 is 0 Å². The molecule has 1 N–H and O–H groups in total. The summed E-state index contributed by atoms with van der Waals surface area (Å²) in [6.45, 7) is 0.386. The first-order valence-electron chi connectivity index (χ1n) is 14.5. The number of ether oxygens (including phenoxy) is 7. The molecule has 0 bridgehead atoms. The van der Waals surface area contributed by atoms with Crippen LogP contribution < -0.4 is 33.7 Å². The van der Waals surface area contributed by atoms with E-state index in [0.29, 0.717) is 45.8 Å². The monoisotopic (exact) mass is 606 g/mol. The standard InChI is InChI=1S/C35H30N2O8/c1-39-29-12-20(13-30(40-2)34(29)41-3)31-24-14-27-28(44-18-43-27)15-25(24)33(26-17-42-35(38)32(26)31)37-21-6-10-23(11-7-21)45-22-8-4-19(16-36)5-9-22/h4-15,26,31-33,37H,17-18H2,1-3H3/t26-,31+,32-,33+/m0/s1. The van der Waals surface area contributed by atoms with Crippen molar-refractivity contribution in [1.82, 2.24) is 0 Å². The third-order valence-corrected chi connectivity index (χ3v) is 8.63. The van der Waals surface area contributed by atoms with Crippen molar-refractivity contribution < 1.29 is 38.0 Å². The highest BCUT2D eigenvalue weighted by Gasteiger charge is 2.52. The van der Waals surface area contributed by atoms with Gasteiger partial charge in [0.15, 0.2) is 23.0 Å². The Bertz CT molecular complexity index is 1770. The Morgan fingerprint density at radius 1 is 0.800 bits per heavy atom. The lowest BCUT2D eigenvalue weighted by Gasteiger charge is -2.40. The normalized spacial score (nSPS) is 20.7. The summed E-state index contributed by atoms with van der Waals surface area (Å²) >= 11 is 0. The maximum atomic E-state index is 13.5. The van der Waals surface area contributed by atoms with E-state index < -0.39 is 5.92 Å². The molecule has 4 aromatic rings. The molecule has 0 amide bonds. The molecule has 0 aromatic heterocycles. The van der Waals surface area contributed by atoms with Gasteiger partial charge in [0.2, 0.25) is 12.5 Å². The first-order valence-corrected chi connectivity index (χ1v) is 14.5. The third-order valence-electron chi connectivity index (χ3n) is 8.63. The van der Waals surface area contributed by atoms with E-state index in [-0.39, 0.29) is 37.2 Å². The highest BCUT2D eigenvalue weighted by Crippen LogP contribution is 2.56. The maximum Gasteiger partial charge on any atom is 0.310 e. The summed E-state index contributed by atoms with van der Waals surface area (Å²) in [7, 11) is 4.70. The van der Waals surface area contributed by atoms with Crippen LogP contribution in [0.4, 0.5) is 5.69 Å². The molecule has 0 unspecified atom stereocenters. The van der Waals surface area contributed by atoms with E-state index in [1.54, 1.807) is 45.6 Å². The fourth-order valence-electron chi connectivity index (χ4n) is 6.56. The van der Waals surface area contributed by atoms with Gasteiger partial charge in [-0.1, -0.05) is 0 Å². The van der Waals surface area contributed by atoms with Crippen molar-refractivity contribution in [2.24, 2.45) is 11.8 Å². The molecule has 7 rings (SSSR count). The van der Waals surface area contributed by atoms with Crippen molar-refractivity contribution in [1.29, 1.82) is 5.26 Å². The predicted molar refractivity (Wildman–Crippen MR) is 162 cm³/mol. The van der Waals surface area contributed by atoms with Crippen molar-refractivity contribution in [3.8, 4) is 46.3 Å². The molecule has 1 fully saturated rings. The Morgan fingerprint density at radius 3 is 2.02 bits per heavy atom. The number of carbonyl (C=O) groups is 1. The molecule has 4 atom stereocenters. The van der Waals surface area contributed by atoms with Crippen LogP contribution in [0.15, 0.2) is 72.8 Å². The first kappa shape index (κ1) is 28.2. The van der Waals surface area contributed by atoms with Crippen LogP contribution in [0.25, 0.3) is 0 Å². The predicted octanol–water partition coefficient (Wildman–Crippen LogP) is 6.19. The highest BCUT2D eigenvalue weighted by atomic mass is 16.7. The van der Waals surface area contributed by atoms with Gasteiger partial charge in [0, 0.05) is 17.5 Å². The molecule has 3 aliphatic rings. The molecule has 0 spiro atoms. The second-order valence-electron chi connectivity index (χ2n) is 11.0. The minimum absolute atomic E-state index is 0.126. The number of nitrogens with one attached hydrogen (secondary N) is 1. The van der Waals surface area contributed by atoms with Gasteiger partial charge in [0.05, 0.1) is 51.5 Å². The minimum Gasteiger partial charge on any atom is -0.493 e. The zero-order valence-corrected chi connectivity index (χ0v) is 24.9. The molecule has 1 aliphatic carbocycles. The molecule has 4 aromatic carbocycles. The second-order valence-corrected chi connectivity index (χ2v) is 11.0. The van der Waals surface area contributed by atoms with Crippen LogP contribution in [0.2, 0.25) is 0 Å². The SMILES string of the molecule is COc1cc([C@@H]2c3cc4c(cc3[C@@H](Nc3ccc(Oc5ccc(C#N)cc5)cc3)[C@H]3COC(=O)[C@H]23)OCO4)cc(OC)c1OC. The van der Waals surface area contributed by atoms with Gasteiger partial charge in [-0.3, -0.25) is 4.79 Å². The quantitative estimate of drug-likeness (QED) is 0.233. The van der Waals surface area contributed by atoms with Crippen LogP contribution in [0.3, 0.4) is 0 Å². The smallest absolute Gasteiger partial charge is 0.310 e. The fraction of sp³-hybridized carbons (Fsp3) is 0.257. The number of esters is 1. The van der Waals surface area contributed by atoms with Crippen LogP contribution in [0, 0.1) is 23.2 Å². The lowest BCUT2D eigenvalue weighted by molar-refractivity contribution is -0.141. The second kappa shape index (κ2) is 11.5. The Labute approximate surface area is 259 Å². The number of fused-ring (bicyclic) bond motifs is 3. The Morgan fingerprint density at radius 2 is 1.42 bits per heavy atom. The van der Waals surface area contributed by atoms with Crippen LogP contribution >= 0.6 is 0 Å². The molecule has 10 heteroatoms. The Balaban J connectivity index is 1.27. The van der Waals surface area contributed by atoms with Crippen LogP contribution in [-0.4, -0.2) is 40.7 Å². The molecule has 228 valence electrons. The van der Waals surface area contributed by atoms with E-state index in [9.17, 15) is 4.79 Å². The Kier molecular flexibility index (Phi) is 7.22. The first-order chi connectivity index (χ1) is 22.0. The van der Waals surface area contributed by atoms with Crippen molar-refractivity contribution in [2.45, 2.75) is 12.0 Å². The molecule has 0 saturated carbocycles. The molecular weight excluding hydrogens is 576 g/mol. The van der Waals surface area contributed by atoms with E-state index in [1.807, 2.05) is 48.5 Å². The largest absolute Gasteiger partial charge is 0.493 e. The summed E-state index contributed by atoms with van der Waals surface area (Å²) in [6, 6.07) is 24.1. The van der Waals surface area contributed by atoms with Crippen LogP contribution in [0.5, 0.6) is 40.2 Å². The zero-order chi connectivity index (χ0) is 31.1. The van der Waals surface area contributed by atoms with Crippen molar-refractivity contribution in [2.75, 3.05) is 40.0 Å². The van der Waals surface area contributed by atoms with E-state index in [0.717, 1.165) is 22.4 Å². The molecular formula is C35H30N2O8. The molecule has 0 radical (unpaired) electrons. The number of hydrogen-bond acceptors (Lipinski definition) is 10. The summed E-state index contributed by atoms with van der Waals surface area (Å²) in [5.41, 5.74) is 4.15. The van der Waals surface area contributed by atoms with Crippen molar-refractivity contribution in [3.63, 3.8) is 0 Å². The van der Waals surface area contributed by atoms with E-state index in [4.69, 9.17) is 38.4 Å². The summed E-state index contributed by atoms with van der Waals surface area (Å²) in [4.78, 5) is 13.5. The topological polar surface area (TPSA) is 118 Å². The number of methoxy groups -OCH3 is 3. The number of cyclic esters (lactones) is 1. The van der Waals surface area contributed by atoms with Crippen LogP contribution in [0.1, 0.15) is 34.2 Å². The number of nitrogens with zero attached hydrogens (tertiary/aromatic N) is 1. The summed E-state index contributed by atoms with van der Waals surface area (Å²) < 4.78 is 40.2. The number of nitriles is 1. The number of benzene rings is 4. The highest BCUT2D eigenvalue weighted by molar-refractivity contribution is 5.79. The summed E-state index contributed by atoms with van der Waals surface area (Å²) in [5.74, 6) is 2.72. The summed E-state index contributed by atoms with van der Waals surface area (Å²) in [5, 5.41) is 12.7.